The van der Waals surface area contributed by atoms with Crippen LogP contribution in [-0.4, -0.2) is 54.1 Å². The molecule has 1 aliphatic heterocycles. The van der Waals surface area contributed by atoms with Gasteiger partial charge in [0.05, 0.1) is 22.0 Å². The molecule has 4 rings (SSSR count). The summed E-state index contributed by atoms with van der Waals surface area (Å²) in [6, 6.07) is 13.7. The van der Waals surface area contributed by atoms with Gasteiger partial charge < -0.3 is 21.3 Å². The van der Waals surface area contributed by atoms with Gasteiger partial charge in [-0.15, -0.1) is 0 Å². The number of hydrogen-bond acceptors (Lipinski definition) is 8. The van der Waals surface area contributed by atoms with Crippen molar-refractivity contribution in [1.29, 1.82) is 0 Å². The van der Waals surface area contributed by atoms with Crippen molar-refractivity contribution in [2.45, 2.75) is 36.8 Å². The molecule has 0 spiro atoms. The fourth-order valence-electron chi connectivity index (χ4n) is 4.09. The lowest BCUT2D eigenvalue weighted by molar-refractivity contribution is 0.0693. The highest BCUT2D eigenvalue weighted by Gasteiger charge is 2.24. The summed E-state index contributed by atoms with van der Waals surface area (Å²) in [6.45, 7) is 5.37. The van der Waals surface area contributed by atoms with Crippen LogP contribution in [0.15, 0.2) is 59.6 Å². The molecule has 2 heterocycles. The number of para-hydroxylation sites is 1. The lowest BCUT2D eigenvalue weighted by Crippen LogP contribution is -2.40. The highest BCUT2D eigenvalue weighted by molar-refractivity contribution is 7.92. The van der Waals surface area contributed by atoms with Crippen molar-refractivity contribution >= 4 is 50.5 Å². The van der Waals surface area contributed by atoms with Gasteiger partial charge in [-0.1, -0.05) is 23.7 Å². The maximum absolute atomic E-state index is 12.8. The molecule has 1 aromatic heterocycles. The molecule has 1 amide bonds. The fourth-order valence-corrected chi connectivity index (χ4v) is 5.43. The number of likely N-dealkylation sites (tertiary alicyclic amines) is 1. The van der Waals surface area contributed by atoms with Gasteiger partial charge in [-0.3, -0.25) is 4.79 Å². The molecule has 37 heavy (non-hydrogen) atoms. The van der Waals surface area contributed by atoms with Crippen molar-refractivity contribution in [3.05, 3.63) is 65.3 Å². The number of nitrogens with two attached hydrogens (primary N) is 1. The zero-order valence-electron chi connectivity index (χ0n) is 20.8. The van der Waals surface area contributed by atoms with E-state index in [9.17, 15) is 13.2 Å². The van der Waals surface area contributed by atoms with Gasteiger partial charge in [0.1, 0.15) is 5.02 Å². The quantitative estimate of drug-likeness (QED) is 0.376. The number of hydrogen-bond donors (Lipinski definition) is 3. The number of benzene rings is 2. The number of aromatic nitrogens is 2. The molecule has 0 aliphatic carbocycles. The first kappa shape index (κ1) is 26.8. The minimum absolute atomic E-state index is 0.00580. The average Bonchev–Trinajstić information content (AvgIpc) is 2.91. The largest absolute Gasteiger partial charge is 0.339 e. The van der Waals surface area contributed by atoms with Crippen molar-refractivity contribution in [3.8, 4) is 0 Å². The highest BCUT2D eigenvalue weighted by Crippen LogP contribution is 2.30. The highest BCUT2D eigenvalue weighted by atomic mass is 35.5. The van der Waals surface area contributed by atoms with Crippen molar-refractivity contribution in [3.63, 3.8) is 0 Å². The van der Waals surface area contributed by atoms with Gasteiger partial charge in [-0.05, 0) is 75.5 Å². The number of nitrogens with zero attached hydrogens (tertiary/aromatic N) is 3. The molecule has 2 aromatic carbocycles. The lowest BCUT2D eigenvalue weighted by Gasteiger charge is -2.31. The van der Waals surface area contributed by atoms with E-state index in [2.05, 4.69) is 20.6 Å². The maximum Gasteiger partial charge on any atom is 0.253 e. The summed E-state index contributed by atoms with van der Waals surface area (Å²) in [5.41, 5.74) is 7.43. The van der Waals surface area contributed by atoms with E-state index in [1.165, 1.54) is 6.20 Å². The molecule has 9 nitrogen and oxygen atoms in total. The normalized spacial score (nSPS) is 14.6. The monoisotopic (exact) mass is 542 g/mol. The van der Waals surface area contributed by atoms with E-state index >= 15 is 0 Å². The number of halogens is 1. The molecule has 1 saturated heterocycles. The molecule has 1 fully saturated rings. The molecule has 1 aliphatic rings. The average molecular weight is 543 g/mol. The third-order valence-corrected chi connectivity index (χ3v) is 8.92. The predicted octanol–water partition coefficient (Wildman–Crippen LogP) is 4.61. The Morgan fingerprint density at radius 3 is 2.43 bits per heavy atom. The number of amides is 1. The zero-order chi connectivity index (χ0) is 26.6. The molecule has 4 N–H and O–H groups in total. The number of rotatable bonds is 8. The summed E-state index contributed by atoms with van der Waals surface area (Å²) in [6.07, 6.45) is 3.29. The molecule has 0 radical (unpaired) electrons. The van der Waals surface area contributed by atoms with E-state index in [4.69, 9.17) is 17.3 Å². The van der Waals surface area contributed by atoms with Gasteiger partial charge in [0, 0.05) is 24.3 Å². The second kappa shape index (κ2) is 11.5. The predicted molar refractivity (Wildman–Crippen MR) is 146 cm³/mol. The molecular weight excluding hydrogens is 512 g/mol. The van der Waals surface area contributed by atoms with Gasteiger partial charge in [-0.2, -0.15) is 4.98 Å². The van der Waals surface area contributed by atoms with E-state index in [0.29, 0.717) is 29.4 Å². The smallest absolute Gasteiger partial charge is 0.253 e. The van der Waals surface area contributed by atoms with Crippen LogP contribution in [0, 0.1) is 5.92 Å². The molecular formula is C26H31ClN6O3S. The number of carbonyl (C=O) groups excluding carboxylic acids is 1. The van der Waals surface area contributed by atoms with Crippen LogP contribution in [-0.2, 0) is 9.84 Å². The number of sulfone groups is 1. The fraction of sp³-hybridized carbons (Fsp3) is 0.346. The molecule has 3 aromatic rings. The Kier molecular flexibility index (Phi) is 8.31. The van der Waals surface area contributed by atoms with E-state index in [-0.39, 0.29) is 27.6 Å². The molecule has 0 atom stereocenters. The van der Waals surface area contributed by atoms with Crippen LogP contribution in [0.2, 0.25) is 5.02 Å². The molecule has 0 unspecified atom stereocenters. The molecule has 0 bridgehead atoms. The van der Waals surface area contributed by atoms with Crippen LogP contribution in [0.4, 0.5) is 23.1 Å². The minimum atomic E-state index is -3.52. The van der Waals surface area contributed by atoms with Crippen LogP contribution < -0.4 is 16.4 Å². The van der Waals surface area contributed by atoms with Gasteiger partial charge in [-0.25, -0.2) is 13.4 Å². The molecule has 11 heteroatoms. The van der Waals surface area contributed by atoms with Crippen LogP contribution in [0.3, 0.4) is 0 Å². The van der Waals surface area contributed by atoms with E-state index in [0.717, 1.165) is 25.9 Å². The number of piperidine rings is 1. The number of anilines is 4. The third kappa shape index (κ3) is 6.20. The summed E-state index contributed by atoms with van der Waals surface area (Å²) in [7, 11) is -3.52. The summed E-state index contributed by atoms with van der Waals surface area (Å²) in [4.78, 5) is 23.5. The first-order valence-electron chi connectivity index (χ1n) is 12.2. The van der Waals surface area contributed by atoms with E-state index in [1.807, 2.05) is 4.90 Å². The van der Waals surface area contributed by atoms with Crippen LogP contribution in [0.25, 0.3) is 0 Å². The van der Waals surface area contributed by atoms with Gasteiger partial charge in [0.2, 0.25) is 5.95 Å². The van der Waals surface area contributed by atoms with Crippen molar-refractivity contribution < 1.29 is 13.2 Å². The Bertz CT molecular complexity index is 1360. The minimum Gasteiger partial charge on any atom is -0.339 e. The molecule has 196 valence electrons. The maximum atomic E-state index is 12.8. The topological polar surface area (TPSA) is 130 Å². The van der Waals surface area contributed by atoms with Crippen LogP contribution in [0.1, 0.15) is 37.0 Å². The number of carbonyl (C=O) groups is 1. The Morgan fingerprint density at radius 2 is 1.78 bits per heavy atom. The molecule has 0 saturated carbocycles. The summed E-state index contributed by atoms with van der Waals surface area (Å²) < 4.78 is 25.6. The van der Waals surface area contributed by atoms with Crippen molar-refractivity contribution in [1.82, 2.24) is 14.9 Å². The standard InChI is InChI=1S/C26H31ClN6O3S/c1-17(2)37(35,36)23-6-4-3-5-22(23)31-24-21(27)16-29-26(32-24)30-20-9-7-19(8-10-20)25(34)33-13-11-18(15-28)12-14-33/h3-10,16-18H,11-15,28H2,1-2H3,(H2,29,30,31,32). The Balaban J connectivity index is 1.48. The van der Waals surface area contributed by atoms with Gasteiger partial charge in [0.25, 0.3) is 5.91 Å². The van der Waals surface area contributed by atoms with Crippen molar-refractivity contribution in [2.75, 3.05) is 30.3 Å². The van der Waals surface area contributed by atoms with Crippen molar-refractivity contribution in [2.24, 2.45) is 11.7 Å². The number of nitrogens with one attached hydrogen (secondary N) is 2. The Hall–Kier alpha value is -3.21. The van der Waals surface area contributed by atoms with Gasteiger partial charge in [0.15, 0.2) is 15.7 Å². The Labute approximate surface area is 222 Å². The summed E-state index contributed by atoms with van der Waals surface area (Å²) in [5, 5.41) is 5.79. The second-order valence-electron chi connectivity index (χ2n) is 9.28. The first-order valence-corrected chi connectivity index (χ1v) is 14.1. The SMILES string of the molecule is CC(C)S(=O)(=O)c1ccccc1Nc1nc(Nc2ccc(C(=O)N3CCC(CN)CC3)cc2)ncc1Cl. The van der Waals surface area contributed by atoms with Gasteiger partial charge >= 0.3 is 0 Å². The first-order chi connectivity index (χ1) is 17.7. The van der Waals surface area contributed by atoms with E-state index in [1.54, 1.807) is 62.4 Å². The zero-order valence-corrected chi connectivity index (χ0v) is 22.4. The lowest BCUT2D eigenvalue weighted by atomic mass is 9.96. The Morgan fingerprint density at radius 1 is 1.11 bits per heavy atom. The van der Waals surface area contributed by atoms with Crippen LogP contribution >= 0.6 is 11.6 Å². The summed E-state index contributed by atoms with van der Waals surface area (Å²) >= 11 is 6.31. The summed E-state index contributed by atoms with van der Waals surface area (Å²) in [5.74, 6) is 1.02. The van der Waals surface area contributed by atoms with Crippen LogP contribution in [0.5, 0.6) is 0 Å². The van der Waals surface area contributed by atoms with E-state index < -0.39 is 15.1 Å². The second-order valence-corrected chi connectivity index (χ2v) is 12.2. The third-order valence-electron chi connectivity index (χ3n) is 6.43.